The summed E-state index contributed by atoms with van der Waals surface area (Å²) in [6.07, 6.45) is -0.306. The van der Waals surface area contributed by atoms with Gasteiger partial charge in [-0.05, 0) is 39.9 Å². The average Bonchev–Trinajstić information content (AvgIpc) is 3.02. The molecule has 4 rings (SSSR count). The van der Waals surface area contributed by atoms with Gasteiger partial charge in [0.1, 0.15) is 6.61 Å². The number of carbonyl (C=O) groups is 1. The predicted octanol–water partition coefficient (Wildman–Crippen LogP) is 5.83. The Morgan fingerprint density at radius 2 is 1.48 bits per heavy atom. The molecule has 0 bridgehead atoms. The number of amides is 1. The fraction of sp³-hybridized carbons (Fsp3) is 0.174. The fourth-order valence-corrected chi connectivity index (χ4v) is 3.90. The number of benzene rings is 3. The Bertz CT molecular complexity index is 923. The largest absolute Gasteiger partial charge is 0.448 e. The number of fused-ring (bicyclic) bond motifs is 3. The second-order valence-electron chi connectivity index (χ2n) is 6.79. The van der Waals surface area contributed by atoms with Crippen molar-refractivity contribution in [2.45, 2.75) is 12.5 Å². The van der Waals surface area contributed by atoms with Crippen LogP contribution in [0.2, 0.25) is 0 Å². The molecule has 1 aliphatic rings. The first-order chi connectivity index (χ1) is 13.1. The summed E-state index contributed by atoms with van der Waals surface area (Å²) < 4.78 is 6.70. The van der Waals surface area contributed by atoms with Crippen LogP contribution < -0.4 is 0 Å². The molecule has 0 radical (unpaired) electrons. The van der Waals surface area contributed by atoms with E-state index in [0.717, 1.165) is 10.0 Å². The summed E-state index contributed by atoms with van der Waals surface area (Å²) in [6.45, 7) is 0.863. The molecule has 3 aromatic carbocycles. The second kappa shape index (κ2) is 7.57. The third-order valence-corrected chi connectivity index (χ3v) is 5.51. The lowest BCUT2D eigenvalue weighted by atomic mass is 9.98. The van der Waals surface area contributed by atoms with Gasteiger partial charge >= 0.3 is 6.09 Å². The molecule has 0 saturated carbocycles. The molecule has 1 aliphatic carbocycles. The van der Waals surface area contributed by atoms with Gasteiger partial charge in [0.2, 0.25) is 0 Å². The minimum absolute atomic E-state index is 0.0856. The SMILES string of the molecule is CN(Cc1ccc(Br)cc1)C(=O)OCC1c2ccccc2-c2ccccc21. The summed E-state index contributed by atoms with van der Waals surface area (Å²) in [5.41, 5.74) is 5.98. The molecule has 27 heavy (non-hydrogen) atoms. The van der Waals surface area contributed by atoms with E-state index < -0.39 is 0 Å². The van der Waals surface area contributed by atoms with Gasteiger partial charge in [0.05, 0.1) is 0 Å². The lowest BCUT2D eigenvalue weighted by Crippen LogP contribution is -2.28. The molecule has 0 saturated heterocycles. The Hall–Kier alpha value is -2.59. The van der Waals surface area contributed by atoms with Crippen LogP contribution >= 0.6 is 15.9 Å². The van der Waals surface area contributed by atoms with Crippen molar-refractivity contribution < 1.29 is 9.53 Å². The van der Waals surface area contributed by atoms with Crippen LogP contribution in [0.15, 0.2) is 77.3 Å². The minimum Gasteiger partial charge on any atom is -0.448 e. The van der Waals surface area contributed by atoms with Gasteiger partial charge in [-0.2, -0.15) is 0 Å². The van der Waals surface area contributed by atoms with Crippen LogP contribution in [0.5, 0.6) is 0 Å². The van der Waals surface area contributed by atoms with Crippen molar-refractivity contribution in [1.82, 2.24) is 4.90 Å². The monoisotopic (exact) mass is 421 g/mol. The van der Waals surface area contributed by atoms with Crippen LogP contribution in [0, 0.1) is 0 Å². The van der Waals surface area contributed by atoms with Gasteiger partial charge in [-0.25, -0.2) is 4.79 Å². The Morgan fingerprint density at radius 3 is 2.07 bits per heavy atom. The van der Waals surface area contributed by atoms with Gasteiger partial charge in [-0.15, -0.1) is 0 Å². The number of carbonyl (C=O) groups excluding carboxylic acids is 1. The van der Waals surface area contributed by atoms with Crippen LogP contribution in [0.1, 0.15) is 22.6 Å². The Morgan fingerprint density at radius 1 is 0.926 bits per heavy atom. The van der Waals surface area contributed by atoms with Gasteiger partial charge < -0.3 is 9.64 Å². The van der Waals surface area contributed by atoms with Crippen LogP contribution in [0.3, 0.4) is 0 Å². The maximum absolute atomic E-state index is 12.5. The Kier molecular flexibility index (Phi) is 4.99. The highest BCUT2D eigenvalue weighted by atomic mass is 79.9. The van der Waals surface area contributed by atoms with E-state index in [1.54, 1.807) is 11.9 Å². The van der Waals surface area contributed by atoms with E-state index in [9.17, 15) is 4.79 Å². The third-order valence-electron chi connectivity index (χ3n) is 4.98. The first-order valence-corrected chi connectivity index (χ1v) is 9.73. The highest BCUT2D eigenvalue weighted by Crippen LogP contribution is 2.44. The summed E-state index contributed by atoms with van der Waals surface area (Å²) in [6, 6.07) is 24.6. The topological polar surface area (TPSA) is 29.5 Å². The van der Waals surface area contributed by atoms with Gasteiger partial charge in [-0.3, -0.25) is 0 Å². The molecule has 4 heteroatoms. The molecular weight excluding hydrogens is 402 g/mol. The van der Waals surface area contributed by atoms with Gasteiger partial charge in [0.25, 0.3) is 0 Å². The van der Waals surface area contributed by atoms with Crippen molar-refractivity contribution in [2.24, 2.45) is 0 Å². The number of hydrogen-bond donors (Lipinski definition) is 0. The first kappa shape index (κ1) is 17.8. The molecule has 1 amide bonds. The van der Waals surface area contributed by atoms with E-state index in [4.69, 9.17) is 4.74 Å². The lowest BCUT2D eigenvalue weighted by molar-refractivity contribution is 0.106. The highest BCUT2D eigenvalue weighted by Gasteiger charge is 2.29. The van der Waals surface area contributed by atoms with Crippen LogP contribution in [0.4, 0.5) is 4.79 Å². The van der Waals surface area contributed by atoms with E-state index in [-0.39, 0.29) is 12.0 Å². The van der Waals surface area contributed by atoms with E-state index in [1.165, 1.54) is 22.3 Å². The Labute approximate surface area is 167 Å². The molecule has 0 unspecified atom stereocenters. The standard InChI is InChI=1S/C23H20BrNO2/c1-25(14-16-10-12-17(24)13-11-16)23(26)27-15-22-20-8-4-2-6-18(20)19-7-3-5-9-21(19)22/h2-13,22H,14-15H2,1H3. The molecule has 0 aliphatic heterocycles. The molecule has 0 spiro atoms. The number of halogens is 1. The highest BCUT2D eigenvalue weighted by molar-refractivity contribution is 9.10. The van der Waals surface area contributed by atoms with Crippen LogP contribution in [-0.2, 0) is 11.3 Å². The van der Waals surface area contributed by atoms with Crippen molar-refractivity contribution in [1.29, 1.82) is 0 Å². The van der Waals surface area contributed by atoms with Gasteiger partial charge in [0, 0.05) is 24.0 Å². The second-order valence-corrected chi connectivity index (χ2v) is 7.70. The molecule has 3 nitrogen and oxygen atoms in total. The number of nitrogens with zero attached hydrogens (tertiary/aromatic N) is 1. The summed E-state index contributed by atoms with van der Waals surface area (Å²) in [7, 11) is 1.76. The Balaban J connectivity index is 1.45. The maximum atomic E-state index is 12.5. The first-order valence-electron chi connectivity index (χ1n) is 8.94. The van der Waals surface area contributed by atoms with Crippen molar-refractivity contribution in [2.75, 3.05) is 13.7 Å². The molecule has 0 aromatic heterocycles. The molecule has 0 N–H and O–H groups in total. The van der Waals surface area contributed by atoms with E-state index in [1.807, 2.05) is 36.4 Å². The number of hydrogen-bond acceptors (Lipinski definition) is 2. The molecular formula is C23H20BrNO2. The smallest absolute Gasteiger partial charge is 0.409 e. The van der Waals surface area contributed by atoms with Crippen LogP contribution in [-0.4, -0.2) is 24.6 Å². The minimum atomic E-state index is -0.306. The molecule has 0 atom stereocenters. The quantitative estimate of drug-likeness (QED) is 0.530. The van der Waals surface area contributed by atoms with E-state index in [2.05, 4.69) is 52.3 Å². The molecule has 3 aromatic rings. The van der Waals surface area contributed by atoms with Crippen molar-refractivity contribution >= 4 is 22.0 Å². The lowest BCUT2D eigenvalue weighted by Gasteiger charge is -2.20. The zero-order valence-electron chi connectivity index (χ0n) is 15.1. The summed E-state index contributed by atoms with van der Waals surface area (Å²) in [5.74, 6) is 0.0856. The van der Waals surface area contributed by atoms with E-state index >= 15 is 0 Å². The zero-order valence-corrected chi connectivity index (χ0v) is 16.6. The summed E-state index contributed by atoms with van der Waals surface area (Å²) in [5, 5.41) is 0. The number of rotatable bonds is 4. The predicted molar refractivity (Wildman–Crippen MR) is 111 cm³/mol. The normalized spacial score (nSPS) is 12.4. The third kappa shape index (κ3) is 3.62. The molecule has 0 fully saturated rings. The average molecular weight is 422 g/mol. The number of ether oxygens (including phenoxy) is 1. The molecule has 136 valence electrons. The van der Waals surface area contributed by atoms with E-state index in [0.29, 0.717) is 13.2 Å². The summed E-state index contributed by atoms with van der Waals surface area (Å²) in [4.78, 5) is 14.1. The fourth-order valence-electron chi connectivity index (χ4n) is 3.63. The van der Waals surface area contributed by atoms with Crippen molar-refractivity contribution in [3.63, 3.8) is 0 Å². The van der Waals surface area contributed by atoms with Crippen LogP contribution in [0.25, 0.3) is 11.1 Å². The maximum Gasteiger partial charge on any atom is 0.409 e. The summed E-state index contributed by atoms with van der Waals surface area (Å²) >= 11 is 3.42. The van der Waals surface area contributed by atoms with Gasteiger partial charge in [-0.1, -0.05) is 76.6 Å². The molecule has 0 heterocycles. The van der Waals surface area contributed by atoms with Crippen molar-refractivity contribution in [3.05, 3.63) is 94.0 Å². The van der Waals surface area contributed by atoms with Crippen molar-refractivity contribution in [3.8, 4) is 11.1 Å². The van der Waals surface area contributed by atoms with Gasteiger partial charge in [0.15, 0.2) is 0 Å². The zero-order chi connectivity index (χ0) is 18.8.